The number of allylic oxidation sites excluding steroid dienone is 4. The van der Waals surface area contributed by atoms with Crippen LogP contribution in [0.3, 0.4) is 0 Å². The molecule has 0 aromatic carbocycles. The molecule has 0 saturated heterocycles. The summed E-state index contributed by atoms with van der Waals surface area (Å²) >= 11 is 0. The van der Waals surface area contributed by atoms with Crippen molar-refractivity contribution in [3.8, 4) is 0 Å². The van der Waals surface area contributed by atoms with Gasteiger partial charge in [0.1, 0.15) is 0 Å². The molecule has 1 aliphatic carbocycles. The van der Waals surface area contributed by atoms with Gasteiger partial charge in [0.05, 0.1) is 0 Å². The highest BCUT2D eigenvalue weighted by Gasteiger charge is 2.24. The van der Waals surface area contributed by atoms with Gasteiger partial charge in [-0.1, -0.05) is 26.0 Å². The molecule has 1 heteroatoms. The zero-order valence-corrected chi connectivity index (χ0v) is 9.21. The van der Waals surface area contributed by atoms with Gasteiger partial charge in [-0.05, 0) is 42.7 Å². The molecule has 76 valence electrons. The first-order chi connectivity index (χ1) is 6.81. The predicted molar refractivity (Wildman–Crippen MR) is 61.8 cm³/mol. The van der Waals surface area contributed by atoms with Crippen molar-refractivity contribution >= 4 is 5.71 Å². The van der Waals surface area contributed by atoms with Crippen LogP contribution >= 0.6 is 0 Å². The molecule has 2 aliphatic rings. The average molecular weight is 189 g/mol. The van der Waals surface area contributed by atoms with Crippen LogP contribution in [0.25, 0.3) is 0 Å². The Labute approximate surface area is 86.6 Å². The molecule has 14 heavy (non-hydrogen) atoms. The maximum absolute atomic E-state index is 4.66. The highest BCUT2D eigenvalue weighted by Crippen LogP contribution is 2.32. The number of hydrogen-bond acceptors (Lipinski definition) is 1. The van der Waals surface area contributed by atoms with E-state index >= 15 is 0 Å². The Hall–Kier alpha value is -0.850. The van der Waals surface area contributed by atoms with E-state index in [1.165, 1.54) is 25.0 Å². The van der Waals surface area contributed by atoms with Crippen LogP contribution in [-0.2, 0) is 0 Å². The maximum atomic E-state index is 4.66. The van der Waals surface area contributed by atoms with Gasteiger partial charge >= 0.3 is 0 Å². The van der Waals surface area contributed by atoms with Gasteiger partial charge in [0, 0.05) is 12.3 Å². The molecule has 1 atom stereocenters. The second kappa shape index (κ2) is 4.12. The lowest BCUT2D eigenvalue weighted by Gasteiger charge is -2.17. The fraction of sp³-hybridized carbons (Fsp3) is 0.615. The van der Waals surface area contributed by atoms with Gasteiger partial charge in [0.2, 0.25) is 0 Å². The van der Waals surface area contributed by atoms with Gasteiger partial charge in [-0.15, -0.1) is 0 Å². The Balaban J connectivity index is 2.23. The van der Waals surface area contributed by atoms with Crippen molar-refractivity contribution in [2.75, 3.05) is 6.54 Å². The molecule has 0 spiro atoms. The molecule has 2 rings (SSSR count). The largest absolute Gasteiger partial charge is 0.289 e. The Morgan fingerprint density at radius 1 is 1.43 bits per heavy atom. The second-order valence-corrected chi connectivity index (χ2v) is 4.41. The fourth-order valence-electron chi connectivity index (χ4n) is 2.29. The van der Waals surface area contributed by atoms with Crippen LogP contribution in [0.5, 0.6) is 0 Å². The zero-order chi connectivity index (χ0) is 9.97. The zero-order valence-electron chi connectivity index (χ0n) is 9.21. The molecule has 0 saturated carbocycles. The van der Waals surface area contributed by atoms with Crippen molar-refractivity contribution in [3.63, 3.8) is 0 Å². The molecule has 0 radical (unpaired) electrons. The third-order valence-electron chi connectivity index (χ3n) is 3.07. The first-order valence-corrected chi connectivity index (χ1v) is 5.73. The third kappa shape index (κ3) is 1.82. The highest BCUT2D eigenvalue weighted by molar-refractivity contribution is 6.04. The lowest BCUT2D eigenvalue weighted by atomic mass is 9.94. The second-order valence-electron chi connectivity index (χ2n) is 4.41. The molecule has 0 aromatic rings. The van der Waals surface area contributed by atoms with Gasteiger partial charge in [-0.2, -0.15) is 0 Å². The quantitative estimate of drug-likeness (QED) is 0.630. The summed E-state index contributed by atoms with van der Waals surface area (Å²) in [6, 6.07) is 0. The molecule has 1 heterocycles. The summed E-state index contributed by atoms with van der Waals surface area (Å²) < 4.78 is 0. The first kappa shape index (κ1) is 9.70. The summed E-state index contributed by atoms with van der Waals surface area (Å²) in [7, 11) is 0. The van der Waals surface area contributed by atoms with Crippen LogP contribution in [0.4, 0.5) is 0 Å². The number of hydrogen-bond donors (Lipinski definition) is 0. The normalized spacial score (nSPS) is 27.0. The monoisotopic (exact) mass is 189 g/mol. The number of fused-ring (bicyclic) bond motifs is 1. The molecular formula is C13H19N. The standard InChI is InChI=1S/C13H19N/c1-3-4-5-11-6-7-13-12(11)8-10(2)9-14-13/h4-5,10H,3,6-9H2,1-2H3. The average Bonchev–Trinajstić information content (AvgIpc) is 2.57. The molecule has 1 unspecified atom stereocenters. The van der Waals surface area contributed by atoms with Crippen LogP contribution < -0.4 is 0 Å². The molecule has 0 aromatic heterocycles. The minimum Gasteiger partial charge on any atom is -0.289 e. The van der Waals surface area contributed by atoms with E-state index in [0.717, 1.165) is 18.9 Å². The van der Waals surface area contributed by atoms with Crippen molar-refractivity contribution in [3.05, 3.63) is 23.3 Å². The van der Waals surface area contributed by atoms with Crippen molar-refractivity contribution in [2.24, 2.45) is 10.9 Å². The Bertz CT molecular complexity index is 307. The SMILES string of the molecule is CCC=CC1=C2CC(C)CN=C2CC1. The Morgan fingerprint density at radius 2 is 2.29 bits per heavy atom. The summed E-state index contributed by atoms with van der Waals surface area (Å²) in [6.07, 6.45) is 9.38. The van der Waals surface area contributed by atoms with E-state index in [-0.39, 0.29) is 0 Å². The smallest absolute Gasteiger partial charge is 0.0421 e. The molecular weight excluding hydrogens is 170 g/mol. The molecule has 1 aliphatic heterocycles. The Morgan fingerprint density at radius 3 is 3.07 bits per heavy atom. The van der Waals surface area contributed by atoms with Crippen LogP contribution in [0.2, 0.25) is 0 Å². The van der Waals surface area contributed by atoms with Gasteiger partial charge in [-0.3, -0.25) is 4.99 Å². The summed E-state index contributed by atoms with van der Waals surface area (Å²) in [5.41, 5.74) is 4.52. The molecule has 0 amide bonds. The first-order valence-electron chi connectivity index (χ1n) is 5.73. The van der Waals surface area contributed by atoms with Gasteiger partial charge in [0.25, 0.3) is 0 Å². The van der Waals surface area contributed by atoms with Crippen LogP contribution in [-0.4, -0.2) is 12.3 Å². The Kier molecular flexibility index (Phi) is 2.85. The topological polar surface area (TPSA) is 12.4 Å². The van der Waals surface area contributed by atoms with Gasteiger partial charge in [-0.25, -0.2) is 0 Å². The van der Waals surface area contributed by atoms with E-state index in [1.54, 1.807) is 11.1 Å². The fourth-order valence-corrected chi connectivity index (χ4v) is 2.29. The van der Waals surface area contributed by atoms with Crippen molar-refractivity contribution in [1.29, 1.82) is 0 Å². The van der Waals surface area contributed by atoms with E-state index < -0.39 is 0 Å². The molecule has 0 bridgehead atoms. The number of rotatable bonds is 2. The molecule has 0 N–H and O–H groups in total. The van der Waals surface area contributed by atoms with Crippen LogP contribution in [0.15, 0.2) is 28.3 Å². The maximum Gasteiger partial charge on any atom is 0.0421 e. The van der Waals surface area contributed by atoms with E-state index in [2.05, 4.69) is 31.0 Å². The van der Waals surface area contributed by atoms with E-state index in [1.807, 2.05) is 0 Å². The van der Waals surface area contributed by atoms with Gasteiger partial charge in [0.15, 0.2) is 0 Å². The van der Waals surface area contributed by atoms with Crippen molar-refractivity contribution < 1.29 is 0 Å². The van der Waals surface area contributed by atoms with Crippen molar-refractivity contribution in [1.82, 2.24) is 0 Å². The third-order valence-corrected chi connectivity index (χ3v) is 3.07. The highest BCUT2D eigenvalue weighted by atomic mass is 14.8. The van der Waals surface area contributed by atoms with E-state index in [9.17, 15) is 0 Å². The lowest BCUT2D eigenvalue weighted by Crippen LogP contribution is -2.13. The van der Waals surface area contributed by atoms with Crippen LogP contribution in [0.1, 0.15) is 39.5 Å². The van der Waals surface area contributed by atoms with Crippen LogP contribution in [0, 0.1) is 5.92 Å². The summed E-state index contributed by atoms with van der Waals surface area (Å²) in [6.45, 7) is 5.53. The van der Waals surface area contributed by atoms with E-state index in [4.69, 9.17) is 0 Å². The summed E-state index contributed by atoms with van der Waals surface area (Å²) in [5.74, 6) is 0.747. The predicted octanol–water partition coefficient (Wildman–Crippen LogP) is 3.52. The van der Waals surface area contributed by atoms with E-state index in [0.29, 0.717) is 0 Å². The summed E-state index contributed by atoms with van der Waals surface area (Å²) in [4.78, 5) is 4.66. The molecule has 0 fully saturated rings. The van der Waals surface area contributed by atoms with Crippen molar-refractivity contribution in [2.45, 2.75) is 39.5 Å². The summed E-state index contributed by atoms with van der Waals surface area (Å²) in [5, 5.41) is 0. The minimum atomic E-state index is 0.747. The van der Waals surface area contributed by atoms with Gasteiger partial charge < -0.3 is 0 Å². The number of nitrogens with zero attached hydrogens (tertiary/aromatic N) is 1. The number of aliphatic imine (C=N–C) groups is 1. The minimum absolute atomic E-state index is 0.747. The lowest BCUT2D eigenvalue weighted by molar-refractivity contribution is 0.584. The molecule has 1 nitrogen and oxygen atoms in total.